The Morgan fingerprint density at radius 1 is 0.821 bits per heavy atom. The van der Waals surface area contributed by atoms with E-state index in [-0.39, 0.29) is 28.8 Å². The monoisotopic (exact) mass is 552 g/mol. The van der Waals surface area contributed by atoms with E-state index in [2.05, 4.69) is 25.9 Å². The van der Waals surface area contributed by atoms with Gasteiger partial charge in [-0.1, -0.05) is 0 Å². The normalized spacial score (nSPS) is 11.4. The molecule has 0 unspecified atom stereocenters. The van der Waals surface area contributed by atoms with Crippen molar-refractivity contribution in [3.8, 4) is 0 Å². The highest BCUT2D eigenvalue weighted by atomic mass is 19.4. The fourth-order valence-electron chi connectivity index (χ4n) is 3.36. The van der Waals surface area contributed by atoms with Crippen LogP contribution in [0.25, 0.3) is 0 Å². The number of imidazole rings is 2. The molecule has 0 aliphatic rings. The van der Waals surface area contributed by atoms with Crippen LogP contribution in [0.5, 0.6) is 0 Å². The summed E-state index contributed by atoms with van der Waals surface area (Å²) in [6.07, 6.45) is -1.16. The minimum absolute atomic E-state index is 0.102. The molecule has 14 nitrogen and oxygen atoms in total. The van der Waals surface area contributed by atoms with Crippen LogP contribution in [0, 0.1) is 0 Å². The van der Waals surface area contributed by atoms with Gasteiger partial charge in [-0.15, -0.1) is 0 Å². The first kappa shape index (κ1) is 28.9. The third-order valence-corrected chi connectivity index (χ3v) is 5.24. The summed E-state index contributed by atoms with van der Waals surface area (Å²) in [7, 11) is 8.27. The van der Waals surface area contributed by atoms with Crippen LogP contribution in [0.2, 0.25) is 0 Å². The van der Waals surface area contributed by atoms with Gasteiger partial charge in [0.2, 0.25) is 11.6 Å². The lowest BCUT2D eigenvalue weighted by atomic mass is 10.3. The highest BCUT2D eigenvalue weighted by Gasteiger charge is 2.39. The Kier molecular flexibility index (Phi) is 8.43. The number of halogens is 3. The first-order valence-corrected chi connectivity index (χ1v) is 11.3. The van der Waals surface area contributed by atoms with Crippen molar-refractivity contribution < 1.29 is 32.3 Å². The van der Waals surface area contributed by atoms with Gasteiger partial charge in [0.05, 0.1) is 5.69 Å². The zero-order valence-corrected chi connectivity index (χ0v) is 21.7. The van der Waals surface area contributed by atoms with Crippen LogP contribution >= 0.6 is 0 Å². The van der Waals surface area contributed by atoms with Crippen LogP contribution in [0.3, 0.4) is 0 Å². The van der Waals surface area contributed by atoms with Crippen molar-refractivity contribution in [3.63, 3.8) is 0 Å². The first-order chi connectivity index (χ1) is 18.1. The maximum atomic E-state index is 12.8. The summed E-state index contributed by atoms with van der Waals surface area (Å²) in [4.78, 5) is 58.7. The van der Waals surface area contributed by atoms with Gasteiger partial charge in [0.15, 0.2) is 11.6 Å². The van der Waals surface area contributed by atoms with Gasteiger partial charge < -0.3 is 39.9 Å². The van der Waals surface area contributed by atoms with E-state index in [0.29, 0.717) is 13.1 Å². The van der Waals surface area contributed by atoms with Crippen LogP contribution in [0.1, 0.15) is 31.7 Å². The minimum Gasteiger partial charge on any atom is -0.348 e. The first-order valence-electron chi connectivity index (χ1n) is 11.3. The predicted molar refractivity (Wildman–Crippen MR) is 133 cm³/mol. The van der Waals surface area contributed by atoms with Crippen LogP contribution in [0.15, 0.2) is 24.7 Å². The van der Waals surface area contributed by atoms with E-state index in [9.17, 15) is 32.3 Å². The molecule has 0 radical (unpaired) electrons. The van der Waals surface area contributed by atoms with E-state index in [1.54, 1.807) is 19.4 Å². The van der Waals surface area contributed by atoms with Gasteiger partial charge in [0.1, 0.15) is 5.69 Å². The lowest BCUT2D eigenvalue weighted by Gasteiger charge is -2.09. The van der Waals surface area contributed by atoms with Gasteiger partial charge in [-0.25, -0.2) is 9.97 Å². The number of hydrogen-bond donors (Lipinski definition) is 4. The summed E-state index contributed by atoms with van der Waals surface area (Å²) >= 11 is 0. The SMILES string of the molecule is CN(C)CCNC(=O)c1nc(NC(=O)c2cc(NC(=O)c3nc(NC(=O)C(F)(F)F)cn3C)cn2C)cn1C. The molecule has 210 valence electrons. The lowest BCUT2D eigenvalue weighted by Crippen LogP contribution is -2.32. The second kappa shape index (κ2) is 11.4. The van der Waals surface area contributed by atoms with E-state index in [0.717, 1.165) is 10.8 Å². The second-order valence-corrected chi connectivity index (χ2v) is 8.77. The molecule has 4 N–H and O–H groups in total. The number of nitrogens with one attached hydrogen (secondary N) is 4. The molecule has 0 saturated carbocycles. The molecule has 0 fully saturated rings. The Labute approximate surface area is 220 Å². The summed E-state index contributed by atoms with van der Waals surface area (Å²) in [5.74, 6) is -4.51. The molecule has 0 aliphatic heterocycles. The van der Waals surface area contributed by atoms with Crippen molar-refractivity contribution in [1.82, 2.24) is 33.9 Å². The summed E-state index contributed by atoms with van der Waals surface area (Å²) in [6.45, 7) is 1.06. The Balaban J connectivity index is 1.66. The van der Waals surface area contributed by atoms with Gasteiger partial charge in [-0.2, -0.15) is 13.2 Å². The third kappa shape index (κ3) is 7.22. The largest absolute Gasteiger partial charge is 0.471 e. The van der Waals surface area contributed by atoms with Gasteiger partial charge in [-0.3, -0.25) is 19.2 Å². The van der Waals surface area contributed by atoms with E-state index in [1.165, 1.54) is 34.6 Å². The number of carbonyl (C=O) groups excluding carboxylic acids is 4. The number of alkyl halides is 3. The number of rotatable bonds is 9. The number of carbonyl (C=O) groups is 4. The minimum atomic E-state index is -5.11. The van der Waals surface area contributed by atoms with Crippen molar-refractivity contribution >= 4 is 41.0 Å². The fourth-order valence-corrected chi connectivity index (χ4v) is 3.36. The number of likely N-dealkylation sites (N-methyl/N-ethyl adjacent to an activating group) is 1. The van der Waals surface area contributed by atoms with Gasteiger partial charge >= 0.3 is 12.1 Å². The Morgan fingerprint density at radius 3 is 1.95 bits per heavy atom. The van der Waals surface area contributed by atoms with Crippen LogP contribution < -0.4 is 21.3 Å². The number of nitrogens with zero attached hydrogens (tertiary/aromatic N) is 6. The topological polar surface area (TPSA) is 160 Å². The molecule has 3 aromatic rings. The smallest absolute Gasteiger partial charge is 0.348 e. The van der Waals surface area contributed by atoms with Crippen molar-refractivity contribution in [2.75, 3.05) is 43.1 Å². The van der Waals surface area contributed by atoms with Gasteiger partial charge in [0, 0.05) is 52.8 Å². The molecule has 0 aromatic carbocycles. The van der Waals surface area contributed by atoms with Crippen LogP contribution in [-0.2, 0) is 25.9 Å². The number of anilines is 3. The van der Waals surface area contributed by atoms with E-state index < -0.39 is 35.6 Å². The zero-order valence-electron chi connectivity index (χ0n) is 21.7. The zero-order chi connectivity index (χ0) is 29.1. The molecule has 0 bridgehead atoms. The molecule has 17 heteroatoms. The predicted octanol–water partition coefficient (Wildman–Crippen LogP) is 0.789. The second-order valence-electron chi connectivity index (χ2n) is 8.77. The summed E-state index contributed by atoms with van der Waals surface area (Å²) < 4.78 is 41.4. The third-order valence-electron chi connectivity index (χ3n) is 5.24. The number of aromatic nitrogens is 5. The summed E-state index contributed by atoms with van der Waals surface area (Å²) in [5.41, 5.74) is 0.324. The van der Waals surface area contributed by atoms with Crippen LogP contribution in [0.4, 0.5) is 30.5 Å². The lowest BCUT2D eigenvalue weighted by molar-refractivity contribution is -0.167. The summed E-state index contributed by atoms with van der Waals surface area (Å²) in [5, 5.41) is 9.40. The Morgan fingerprint density at radius 2 is 1.38 bits per heavy atom. The maximum absolute atomic E-state index is 12.8. The summed E-state index contributed by atoms with van der Waals surface area (Å²) in [6, 6.07) is 1.36. The average Bonchev–Trinajstić information content (AvgIpc) is 3.48. The fraction of sp³-hybridized carbons (Fsp3) is 0.364. The molecular weight excluding hydrogens is 525 g/mol. The molecular formula is C22H27F3N10O4. The molecule has 3 heterocycles. The van der Waals surface area contributed by atoms with E-state index >= 15 is 0 Å². The highest BCUT2D eigenvalue weighted by molar-refractivity contribution is 6.06. The molecule has 3 aromatic heterocycles. The molecule has 0 spiro atoms. The average molecular weight is 553 g/mol. The van der Waals surface area contributed by atoms with Crippen molar-refractivity contribution in [2.45, 2.75) is 6.18 Å². The quantitative estimate of drug-likeness (QED) is 0.305. The molecule has 3 rings (SSSR count). The number of hydrogen-bond acceptors (Lipinski definition) is 7. The Bertz CT molecular complexity index is 1400. The van der Waals surface area contributed by atoms with Crippen LogP contribution in [-0.4, -0.2) is 85.6 Å². The van der Waals surface area contributed by atoms with E-state index in [1.807, 2.05) is 19.0 Å². The van der Waals surface area contributed by atoms with Crippen molar-refractivity contribution in [2.24, 2.45) is 21.1 Å². The Hall–Kier alpha value is -4.67. The molecule has 39 heavy (non-hydrogen) atoms. The number of aryl methyl sites for hydroxylation is 3. The maximum Gasteiger partial charge on any atom is 0.471 e. The molecule has 0 saturated heterocycles. The standard InChI is InChI=1S/C22H27F3N10O4/c1-32(2)7-6-26-19(37)16-28-14(10-34(16)4)30-18(36)13-8-12(9-33(13)3)27-20(38)17-29-15(11-35(17)5)31-21(39)22(23,24)25/h8-11H,6-7H2,1-5H3,(H,26,37)(H,27,38)(H,30,36)(H,31,39). The molecule has 0 atom stereocenters. The molecule has 4 amide bonds. The highest BCUT2D eigenvalue weighted by Crippen LogP contribution is 2.19. The van der Waals surface area contributed by atoms with E-state index in [4.69, 9.17) is 0 Å². The van der Waals surface area contributed by atoms with Crippen molar-refractivity contribution in [1.29, 1.82) is 0 Å². The molecule has 0 aliphatic carbocycles. The van der Waals surface area contributed by atoms with Gasteiger partial charge in [0.25, 0.3) is 17.7 Å². The van der Waals surface area contributed by atoms with Gasteiger partial charge in [-0.05, 0) is 20.2 Å². The van der Waals surface area contributed by atoms with Crippen molar-refractivity contribution in [3.05, 3.63) is 42.0 Å². The number of amides is 4.